The Kier molecular flexibility index (Phi) is 3.32. The monoisotopic (exact) mass is 333 g/mol. The molecule has 8 heteroatoms. The number of aromatic nitrogens is 1. The second-order valence-corrected chi connectivity index (χ2v) is 6.64. The number of thiazole rings is 1. The zero-order valence-corrected chi connectivity index (χ0v) is 12.9. The fraction of sp³-hybridized carbons (Fsp3) is 0.143. The molecule has 112 valence electrons. The number of rotatable bonds is 3. The molecule has 4 rings (SSSR count). The van der Waals surface area contributed by atoms with Gasteiger partial charge in [0.05, 0.1) is 16.8 Å². The summed E-state index contributed by atoms with van der Waals surface area (Å²) >= 11 is 3.00. The molecule has 3 aromatic rings. The van der Waals surface area contributed by atoms with Crippen molar-refractivity contribution in [2.45, 2.75) is 6.54 Å². The number of anilines is 1. The van der Waals surface area contributed by atoms with Crippen LogP contribution in [0.2, 0.25) is 0 Å². The zero-order chi connectivity index (χ0) is 14.9. The molecular formula is C14H11N3O3S2. The van der Waals surface area contributed by atoms with Crippen LogP contribution in [-0.2, 0) is 6.54 Å². The number of urea groups is 1. The molecule has 2 aromatic heterocycles. The molecule has 22 heavy (non-hydrogen) atoms. The van der Waals surface area contributed by atoms with Crippen LogP contribution in [-0.4, -0.2) is 17.8 Å². The van der Waals surface area contributed by atoms with Crippen LogP contribution in [0, 0.1) is 0 Å². The molecule has 0 aliphatic carbocycles. The molecule has 0 atom stereocenters. The van der Waals surface area contributed by atoms with Gasteiger partial charge in [0.2, 0.25) is 6.79 Å². The summed E-state index contributed by atoms with van der Waals surface area (Å²) in [6, 6.07) is 7.36. The molecule has 0 fully saturated rings. The minimum Gasteiger partial charge on any atom is -0.454 e. The van der Waals surface area contributed by atoms with Gasteiger partial charge in [-0.2, -0.15) is 0 Å². The summed E-state index contributed by atoms with van der Waals surface area (Å²) in [4.78, 5) is 17.4. The number of nitrogens with zero attached hydrogens (tertiary/aromatic N) is 1. The van der Waals surface area contributed by atoms with Crippen molar-refractivity contribution in [1.29, 1.82) is 0 Å². The lowest BCUT2D eigenvalue weighted by atomic mass is 10.3. The van der Waals surface area contributed by atoms with E-state index < -0.39 is 0 Å². The van der Waals surface area contributed by atoms with E-state index in [4.69, 9.17) is 9.47 Å². The Labute approximate surface area is 133 Å². The molecule has 0 spiro atoms. The predicted molar refractivity (Wildman–Crippen MR) is 85.9 cm³/mol. The number of amides is 2. The molecule has 3 heterocycles. The average Bonchev–Trinajstić information content (AvgIpc) is 3.22. The number of nitrogens with one attached hydrogen (secondary N) is 2. The number of hydrogen-bond acceptors (Lipinski definition) is 6. The Bertz CT molecular complexity index is 788. The largest absolute Gasteiger partial charge is 0.454 e. The Morgan fingerprint density at radius 2 is 2.18 bits per heavy atom. The first kappa shape index (κ1) is 13.4. The van der Waals surface area contributed by atoms with Gasteiger partial charge in [-0.15, -0.1) is 11.3 Å². The number of carbonyl (C=O) groups is 1. The highest BCUT2D eigenvalue weighted by atomic mass is 32.1. The van der Waals surface area contributed by atoms with Crippen molar-refractivity contribution in [1.82, 2.24) is 10.3 Å². The Morgan fingerprint density at radius 1 is 1.32 bits per heavy atom. The highest BCUT2D eigenvalue weighted by Crippen LogP contribution is 2.38. The smallest absolute Gasteiger partial charge is 0.321 e. The number of thiophene rings is 1. The molecule has 0 bridgehead atoms. The second kappa shape index (κ2) is 5.47. The fourth-order valence-corrected chi connectivity index (χ4v) is 3.61. The number of benzene rings is 1. The number of carbonyl (C=O) groups excluding carboxylic acids is 1. The first-order chi connectivity index (χ1) is 10.8. The molecule has 1 aromatic carbocycles. The lowest BCUT2D eigenvalue weighted by molar-refractivity contribution is 0.174. The van der Waals surface area contributed by atoms with Gasteiger partial charge in [0.15, 0.2) is 16.6 Å². The van der Waals surface area contributed by atoms with Gasteiger partial charge in [0, 0.05) is 17.0 Å². The maximum absolute atomic E-state index is 11.9. The molecule has 1 aliphatic rings. The highest BCUT2D eigenvalue weighted by molar-refractivity contribution is 7.22. The molecule has 0 unspecified atom stereocenters. The third kappa shape index (κ3) is 2.58. The second-order valence-electron chi connectivity index (χ2n) is 4.58. The average molecular weight is 333 g/mol. The van der Waals surface area contributed by atoms with Gasteiger partial charge in [-0.1, -0.05) is 17.4 Å². The molecule has 0 saturated carbocycles. The first-order valence-corrected chi connectivity index (χ1v) is 8.25. The van der Waals surface area contributed by atoms with Crippen LogP contribution in [0.4, 0.5) is 9.93 Å². The number of ether oxygens (including phenoxy) is 2. The SMILES string of the molecule is O=C(NCc1cccs1)Nc1nc2cc3c(cc2s1)OCO3. The standard InChI is InChI=1S/C14H11N3O3S2/c18-13(15-6-8-2-1-3-21-8)17-14-16-9-4-10-11(20-7-19-10)5-12(9)22-14/h1-5H,6-7H2,(H2,15,16,17,18). The van der Waals surface area contributed by atoms with Crippen molar-refractivity contribution in [3.63, 3.8) is 0 Å². The maximum atomic E-state index is 11.9. The number of fused-ring (bicyclic) bond motifs is 2. The van der Waals surface area contributed by atoms with Crippen LogP contribution in [0.1, 0.15) is 4.88 Å². The van der Waals surface area contributed by atoms with Gasteiger partial charge in [-0.25, -0.2) is 9.78 Å². The van der Waals surface area contributed by atoms with Gasteiger partial charge < -0.3 is 14.8 Å². The van der Waals surface area contributed by atoms with Crippen molar-refractivity contribution < 1.29 is 14.3 Å². The summed E-state index contributed by atoms with van der Waals surface area (Å²) in [5.74, 6) is 1.40. The van der Waals surface area contributed by atoms with E-state index in [1.54, 1.807) is 11.3 Å². The molecular weight excluding hydrogens is 322 g/mol. The summed E-state index contributed by atoms with van der Waals surface area (Å²) in [5.41, 5.74) is 0.780. The summed E-state index contributed by atoms with van der Waals surface area (Å²) in [6.45, 7) is 0.743. The summed E-state index contributed by atoms with van der Waals surface area (Å²) in [5, 5.41) is 8.07. The first-order valence-electron chi connectivity index (χ1n) is 6.55. The normalized spacial score (nSPS) is 12.5. The van der Waals surface area contributed by atoms with Gasteiger partial charge in [0.1, 0.15) is 0 Å². The molecule has 0 radical (unpaired) electrons. The number of hydrogen-bond donors (Lipinski definition) is 2. The fourth-order valence-electron chi connectivity index (χ4n) is 2.09. The van der Waals surface area contributed by atoms with E-state index in [9.17, 15) is 4.79 Å². The van der Waals surface area contributed by atoms with Crippen LogP contribution in [0.25, 0.3) is 10.2 Å². The van der Waals surface area contributed by atoms with E-state index in [-0.39, 0.29) is 12.8 Å². The summed E-state index contributed by atoms with van der Waals surface area (Å²) in [6.07, 6.45) is 0. The lowest BCUT2D eigenvalue weighted by Crippen LogP contribution is -2.27. The molecule has 0 saturated heterocycles. The van der Waals surface area contributed by atoms with Crippen LogP contribution in [0.3, 0.4) is 0 Å². The lowest BCUT2D eigenvalue weighted by Gasteiger charge is -2.03. The minimum atomic E-state index is -0.271. The van der Waals surface area contributed by atoms with E-state index in [1.165, 1.54) is 11.3 Å². The van der Waals surface area contributed by atoms with Crippen molar-refractivity contribution in [2.24, 2.45) is 0 Å². The van der Waals surface area contributed by atoms with Gasteiger partial charge in [-0.05, 0) is 11.4 Å². The zero-order valence-electron chi connectivity index (χ0n) is 11.3. The van der Waals surface area contributed by atoms with E-state index in [0.29, 0.717) is 23.2 Å². The molecule has 2 N–H and O–H groups in total. The van der Waals surface area contributed by atoms with Crippen LogP contribution >= 0.6 is 22.7 Å². The van der Waals surface area contributed by atoms with E-state index in [1.807, 2.05) is 29.6 Å². The maximum Gasteiger partial charge on any atom is 0.321 e. The Hall–Kier alpha value is -2.32. The highest BCUT2D eigenvalue weighted by Gasteiger charge is 2.17. The minimum absolute atomic E-state index is 0.239. The summed E-state index contributed by atoms with van der Waals surface area (Å²) in [7, 11) is 0. The van der Waals surface area contributed by atoms with Crippen molar-refractivity contribution in [3.8, 4) is 11.5 Å². The topological polar surface area (TPSA) is 72.5 Å². The van der Waals surface area contributed by atoms with Crippen molar-refractivity contribution >= 4 is 44.1 Å². The Morgan fingerprint density at radius 3 is 3.00 bits per heavy atom. The van der Waals surface area contributed by atoms with Gasteiger partial charge in [0.25, 0.3) is 0 Å². The molecule has 1 aliphatic heterocycles. The van der Waals surface area contributed by atoms with Gasteiger partial charge >= 0.3 is 6.03 Å². The quantitative estimate of drug-likeness (QED) is 0.770. The third-order valence-corrected chi connectivity index (χ3v) is 4.92. The van der Waals surface area contributed by atoms with Crippen molar-refractivity contribution in [2.75, 3.05) is 12.1 Å². The molecule has 2 amide bonds. The predicted octanol–water partition coefficient (Wildman–Crippen LogP) is 3.41. The van der Waals surface area contributed by atoms with Crippen LogP contribution in [0.15, 0.2) is 29.6 Å². The van der Waals surface area contributed by atoms with Crippen LogP contribution in [0.5, 0.6) is 11.5 Å². The van der Waals surface area contributed by atoms with Crippen LogP contribution < -0.4 is 20.1 Å². The third-order valence-electron chi connectivity index (χ3n) is 3.11. The Balaban J connectivity index is 1.46. The van der Waals surface area contributed by atoms with Crippen molar-refractivity contribution in [3.05, 3.63) is 34.5 Å². The van der Waals surface area contributed by atoms with E-state index in [2.05, 4.69) is 15.6 Å². The molecule has 6 nitrogen and oxygen atoms in total. The van der Waals surface area contributed by atoms with E-state index in [0.717, 1.165) is 15.1 Å². The summed E-state index contributed by atoms with van der Waals surface area (Å²) < 4.78 is 11.6. The van der Waals surface area contributed by atoms with E-state index >= 15 is 0 Å². The van der Waals surface area contributed by atoms with Gasteiger partial charge in [-0.3, -0.25) is 5.32 Å².